The number of ketones is 1. The number of hydrogen-bond donors (Lipinski definition) is 1. The predicted molar refractivity (Wildman–Crippen MR) is 98.8 cm³/mol. The van der Waals surface area contributed by atoms with Crippen molar-refractivity contribution in [1.29, 1.82) is 0 Å². The maximum Gasteiger partial charge on any atom is 0.337 e. The molecule has 0 saturated heterocycles. The zero-order valence-electron chi connectivity index (χ0n) is 15.2. The molecular formula is C20H17NO7. The highest BCUT2D eigenvalue weighted by molar-refractivity contribution is 6.05. The third kappa shape index (κ3) is 4.12. The van der Waals surface area contributed by atoms with Crippen LogP contribution in [-0.2, 0) is 9.47 Å². The Hall–Kier alpha value is -3.81. The van der Waals surface area contributed by atoms with Gasteiger partial charge < -0.3 is 24.3 Å². The Morgan fingerprint density at radius 3 is 2.18 bits per heavy atom. The molecule has 3 rings (SSSR count). The fourth-order valence-corrected chi connectivity index (χ4v) is 2.54. The monoisotopic (exact) mass is 383 g/mol. The zero-order chi connectivity index (χ0) is 20.1. The van der Waals surface area contributed by atoms with Crippen LogP contribution >= 0.6 is 0 Å². The summed E-state index contributed by atoms with van der Waals surface area (Å²) in [6.45, 7) is 0.128. The summed E-state index contributed by atoms with van der Waals surface area (Å²) in [5.74, 6) is -0.360. The quantitative estimate of drug-likeness (QED) is 0.462. The molecule has 0 spiro atoms. The normalized spacial score (nSPS) is 11.9. The predicted octanol–water partition coefficient (Wildman–Crippen LogP) is 2.80. The van der Waals surface area contributed by atoms with Gasteiger partial charge in [-0.05, 0) is 36.4 Å². The minimum absolute atomic E-state index is 0.128. The molecule has 0 amide bonds. The van der Waals surface area contributed by atoms with Crippen LogP contribution in [0.25, 0.3) is 0 Å². The molecule has 28 heavy (non-hydrogen) atoms. The summed E-state index contributed by atoms with van der Waals surface area (Å²) < 4.78 is 19.8. The standard InChI is InChI=1S/C20H17NO7/c1-25-19(23)13-7-14(20(24)26-2)9-15(8-13)21-6-5-16(22)12-3-4-17-18(10-12)28-11-27-17/h3-10,21H,11H2,1-2H3. The minimum atomic E-state index is -0.603. The molecule has 8 nitrogen and oxygen atoms in total. The van der Waals surface area contributed by atoms with Crippen LogP contribution in [0.1, 0.15) is 31.1 Å². The highest BCUT2D eigenvalue weighted by Crippen LogP contribution is 2.32. The van der Waals surface area contributed by atoms with Crippen LogP contribution in [0.15, 0.2) is 48.7 Å². The number of esters is 2. The van der Waals surface area contributed by atoms with E-state index in [-0.39, 0.29) is 23.7 Å². The van der Waals surface area contributed by atoms with Crippen LogP contribution in [0.3, 0.4) is 0 Å². The van der Waals surface area contributed by atoms with E-state index in [0.717, 1.165) is 0 Å². The maximum atomic E-state index is 12.3. The average Bonchev–Trinajstić information content (AvgIpc) is 3.20. The summed E-state index contributed by atoms with van der Waals surface area (Å²) in [5, 5.41) is 2.86. The van der Waals surface area contributed by atoms with Crippen molar-refractivity contribution in [2.45, 2.75) is 0 Å². The van der Waals surface area contributed by atoms with Gasteiger partial charge in [-0.1, -0.05) is 0 Å². The number of methoxy groups -OCH3 is 2. The molecule has 0 fully saturated rings. The first-order chi connectivity index (χ1) is 13.5. The number of hydrogen-bond acceptors (Lipinski definition) is 8. The van der Waals surface area contributed by atoms with Crippen molar-refractivity contribution in [2.75, 3.05) is 26.3 Å². The smallest absolute Gasteiger partial charge is 0.337 e. The molecule has 1 N–H and O–H groups in total. The molecule has 8 heteroatoms. The largest absolute Gasteiger partial charge is 0.465 e. The molecule has 0 bridgehead atoms. The van der Waals surface area contributed by atoms with E-state index in [2.05, 4.69) is 14.8 Å². The van der Waals surface area contributed by atoms with E-state index in [1.54, 1.807) is 18.2 Å². The summed E-state index contributed by atoms with van der Waals surface area (Å²) in [5.41, 5.74) is 1.19. The summed E-state index contributed by atoms with van der Waals surface area (Å²) >= 11 is 0. The van der Waals surface area contributed by atoms with Crippen molar-refractivity contribution >= 4 is 23.4 Å². The molecule has 0 aliphatic carbocycles. The maximum absolute atomic E-state index is 12.3. The zero-order valence-corrected chi connectivity index (χ0v) is 15.2. The van der Waals surface area contributed by atoms with Gasteiger partial charge in [0, 0.05) is 23.5 Å². The molecule has 2 aromatic carbocycles. The number of ether oxygens (including phenoxy) is 4. The van der Waals surface area contributed by atoms with Crippen molar-refractivity contribution in [2.24, 2.45) is 0 Å². The van der Waals surface area contributed by atoms with E-state index in [1.807, 2.05) is 0 Å². The number of benzene rings is 2. The van der Waals surface area contributed by atoms with Crippen molar-refractivity contribution in [1.82, 2.24) is 0 Å². The van der Waals surface area contributed by atoms with Gasteiger partial charge in [0.25, 0.3) is 0 Å². The second kappa shape index (κ2) is 8.26. The molecule has 0 atom stereocenters. The van der Waals surface area contributed by atoms with Gasteiger partial charge in [-0.25, -0.2) is 9.59 Å². The SMILES string of the molecule is COC(=O)c1cc(NC=CC(=O)c2ccc3c(c2)OCO3)cc(C(=O)OC)c1. The minimum Gasteiger partial charge on any atom is -0.465 e. The van der Waals surface area contributed by atoms with Gasteiger partial charge >= 0.3 is 11.9 Å². The van der Waals surface area contributed by atoms with Crippen molar-refractivity contribution in [3.05, 3.63) is 65.4 Å². The summed E-state index contributed by atoms with van der Waals surface area (Å²) in [7, 11) is 2.48. The van der Waals surface area contributed by atoms with E-state index in [0.29, 0.717) is 22.7 Å². The van der Waals surface area contributed by atoms with Gasteiger partial charge in [0.05, 0.1) is 25.3 Å². The molecule has 144 valence electrons. The number of fused-ring (bicyclic) bond motifs is 1. The Kier molecular flexibility index (Phi) is 5.59. The molecule has 0 radical (unpaired) electrons. The van der Waals surface area contributed by atoms with Gasteiger partial charge in [-0.2, -0.15) is 0 Å². The van der Waals surface area contributed by atoms with Crippen LogP contribution in [0, 0.1) is 0 Å². The molecule has 1 aliphatic heterocycles. The Bertz CT molecular complexity index is 931. The van der Waals surface area contributed by atoms with Gasteiger partial charge in [-0.3, -0.25) is 4.79 Å². The number of carbonyl (C=O) groups excluding carboxylic acids is 3. The summed E-state index contributed by atoms with van der Waals surface area (Å²) in [6, 6.07) is 9.25. The first kappa shape index (κ1) is 19.0. The molecule has 0 unspecified atom stereocenters. The number of rotatable bonds is 6. The molecule has 1 aliphatic rings. The topological polar surface area (TPSA) is 100 Å². The fourth-order valence-electron chi connectivity index (χ4n) is 2.54. The number of carbonyl (C=O) groups is 3. The van der Waals surface area contributed by atoms with Crippen molar-refractivity contribution < 1.29 is 33.3 Å². The average molecular weight is 383 g/mol. The Balaban J connectivity index is 1.76. The van der Waals surface area contributed by atoms with Gasteiger partial charge in [0.1, 0.15) is 0 Å². The van der Waals surface area contributed by atoms with Gasteiger partial charge in [0.15, 0.2) is 17.3 Å². The lowest BCUT2D eigenvalue weighted by molar-refractivity contribution is 0.0599. The van der Waals surface area contributed by atoms with Gasteiger partial charge in [0.2, 0.25) is 6.79 Å². The first-order valence-corrected chi connectivity index (χ1v) is 8.20. The van der Waals surface area contributed by atoms with Crippen molar-refractivity contribution in [3.63, 3.8) is 0 Å². The second-order valence-corrected chi connectivity index (χ2v) is 5.69. The van der Waals surface area contributed by atoms with Crippen molar-refractivity contribution in [3.8, 4) is 11.5 Å². The summed E-state index contributed by atoms with van der Waals surface area (Å²) in [6.07, 6.45) is 2.73. The lowest BCUT2D eigenvalue weighted by Crippen LogP contribution is -2.07. The number of nitrogens with one attached hydrogen (secondary N) is 1. The van der Waals surface area contributed by atoms with Crippen LogP contribution in [0.2, 0.25) is 0 Å². The van der Waals surface area contributed by atoms with Crippen LogP contribution in [-0.4, -0.2) is 38.7 Å². The highest BCUT2D eigenvalue weighted by atomic mass is 16.7. The van der Waals surface area contributed by atoms with Crippen LogP contribution < -0.4 is 14.8 Å². The van der Waals surface area contributed by atoms with E-state index in [9.17, 15) is 14.4 Å². The molecular weight excluding hydrogens is 366 g/mol. The van der Waals surface area contributed by atoms with Gasteiger partial charge in [-0.15, -0.1) is 0 Å². The first-order valence-electron chi connectivity index (χ1n) is 8.20. The molecule has 0 saturated carbocycles. The van der Waals surface area contributed by atoms with E-state index in [4.69, 9.17) is 9.47 Å². The number of anilines is 1. The molecule has 2 aromatic rings. The van der Waals surface area contributed by atoms with Crippen LogP contribution in [0.4, 0.5) is 5.69 Å². The Morgan fingerprint density at radius 2 is 1.54 bits per heavy atom. The lowest BCUT2D eigenvalue weighted by atomic mass is 10.1. The Labute approximate surface area is 160 Å². The highest BCUT2D eigenvalue weighted by Gasteiger charge is 2.15. The van der Waals surface area contributed by atoms with E-state index >= 15 is 0 Å². The third-order valence-electron chi connectivity index (χ3n) is 3.92. The lowest BCUT2D eigenvalue weighted by Gasteiger charge is -2.07. The summed E-state index contributed by atoms with van der Waals surface area (Å²) in [4.78, 5) is 35.9. The van der Waals surface area contributed by atoms with Crippen LogP contribution in [0.5, 0.6) is 11.5 Å². The second-order valence-electron chi connectivity index (χ2n) is 5.69. The Morgan fingerprint density at radius 1 is 0.893 bits per heavy atom. The van der Waals surface area contributed by atoms with E-state index in [1.165, 1.54) is 44.7 Å². The fraction of sp³-hybridized carbons (Fsp3) is 0.150. The number of allylic oxidation sites excluding steroid dienone is 1. The van der Waals surface area contributed by atoms with E-state index < -0.39 is 11.9 Å². The molecule has 1 heterocycles. The third-order valence-corrected chi connectivity index (χ3v) is 3.92. The molecule has 0 aromatic heterocycles.